The van der Waals surface area contributed by atoms with Gasteiger partial charge in [0, 0.05) is 19.3 Å². The topological polar surface area (TPSA) is 42.1 Å². The molecule has 2 rings (SSSR count). The first-order chi connectivity index (χ1) is 5.77. The number of hydrogen-bond donors (Lipinski definition) is 1. The molecule has 0 bridgehead atoms. The SMILES string of the molecule is Nc1cc(Cl)cnc1N1CCC1. The maximum Gasteiger partial charge on any atom is 0.151 e. The Balaban J connectivity index is 2.31. The molecular weight excluding hydrogens is 174 g/mol. The van der Waals surface area contributed by atoms with Crippen molar-refractivity contribution in [3.63, 3.8) is 0 Å². The summed E-state index contributed by atoms with van der Waals surface area (Å²) in [6.45, 7) is 2.11. The third-order valence-corrected chi connectivity index (χ3v) is 2.22. The van der Waals surface area contributed by atoms with E-state index in [1.54, 1.807) is 12.3 Å². The summed E-state index contributed by atoms with van der Waals surface area (Å²) in [6.07, 6.45) is 2.86. The number of pyridine rings is 1. The van der Waals surface area contributed by atoms with Crippen LogP contribution < -0.4 is 10.6 Å². The Labute approximate surface area is 76.1 Å². The van der Waals surface area contributed by atoms with Crippen LogP contribution in [0.2, 0.25) is 5.02 Å². The Bertz CT molecular complexity index is 296. The van der Waals surface area contributed by atoms with Crippen LogP contribution >= 0.6 is 11.6 Å². The highest BCUT2D eigenvalue weighted by Crippen LogP contribution is 2.26. The standard InChI is InChI=1S/C8H10ClN3/c9-6-4-7(10)8(11-5-6)12-2-1-3-12/h4-5H,1-3,10H2. The first-order valence-corrected chi connectivity index (χ1v) is 4.31. The lowest BCUT2D eigenvalue weighted by Gasteiger charge is -2.32. The molecule has 3 nitrogen and oxygen atoms in total. The third-order valence-electron chi connectivity index (χ3n) is 2.02. The Morgan fingerprint density at radius 1 is 1.50 bits per heavy atom. The summed E-state index contributed by atoms with van der Waals surface area (Å²) < 4.78 is 0. The van der Waals surface area contributed by atoms with Crippen molar-refractivity contribution >= 4 is 23.1 Å². The van der Waals surface area contributed by atoms with Crippen molar-refractivity contribution < 1.29 is 0 Å². The van der Waals surface area contributed by atoms with Gasteiger partial charge in [0.25, 0.3) is 0 Å². The van der Waals surface area contributed by atoms with Crippen molar-refractivity contribution in [1.29, 1.82) is 0 Å². The second-order valence-corrected chi connectivity index (χ2v) is 3.34. The van der Waals surface area contributed by atoms with Crippen LogP contribution in [0, 0.1) is 0 Å². The normalized spacial score (nSPS) is 15.9. The first kappa shape index (κ1) is 7.68. The largest absolute Gasteiger partial charge is 0.396 e. The molecule has 64 valence electrons. The Kier molecular flexibility index (Phi) is 1.81. The smallest absolute Gasteiger partial charge is 0.151 e. The zero-order valence-corrected chi connectivity index (χ0v) is 7.38. The number of halogens is 1. The van der Waals surface area contributed by atoms with Gasteiger partial charge in [-0.2, -0.15) is 0 Å². The van der Waals surface area contributed by atoms with Gasteiger partial charge in [-0.25, -0.2) is 4.98 Å². The number of hydrogen-bond acceptors (Lipinski definition) is 3. The molecule has 0 unspecified atom stereocenters. The van der Waals surface area contributed by atoms with Crippen LogP contribution in [0.25, 0.3) is 0 Å². The fourth-order valence-electron chi connectivity index (χ4n) is 1.24. The molecule has 1 aliphatic heterocycles. The minimum Gasteiger partial charge on any atom is -0.396 e. The molecule has 0 amide bonds. The highest BCUT2D eigenvalue weighted by molar-refractivity contribution is 6.30. The second-order valence-electron chi connectivity index (χ2n) is 2.91. The maximum absolute atomic E-state index is 5.74. The van der Waals surface area contributed by atoms with E-state index in [9.17, 15) is 0 Å². The number of nitrogens with two attached hydrogens (primary N) is 1. The average molecular weight is 184 g/mol. The van der Waals surface area contributed by atoms with E-state index in [0.717, 1.165) is 18.9 Å². The van der Waals surface area contributed by atoms with Crippen LogP contribution in [0.5, 0.6) is 0 Å². The second kappa shape index (κ2) is 2.83. The van der Waals surface area contributed by atoms with E-state index in [4.69, 9.17) is 17.3 Å². The lowest BCUT2D eigenvalue weighted by molar-refractivity contribution is 0.611. The van der Waals surface area contributed by atoms with E-state index in [2.05, 4.69) is 9.88 Å². The molecule has 1 saturated heterocycles. The maximum atomic E-state index is 5.74. The molecular formula is C8H10ClN3. The summed E-state index contributed by atoms with van der Waals surface area (Å²) in [6, 6.07) is 1.74. The first-order valence-electron chi connectivity index (χ1n) is 3.93. The molecule has 4 heteroatoms. The van der Waals surface area contributed by atoms with Crippen LogP contribution in [0.4, 0.5) is 11.5 Å². The minimum absolute atomic E-state index is 0.594. The van der Waals surface area contributed by atoms with Gasteiger partial charge >= 0.3 is 0 Å². The van der Waals surface area contributed by atoms with Crippen molar-refractivity contribution in [3.8, 4) is 0 Å². The number of anilines is 2. The molecule has 0 aliphatic carbocycles. The highest BCUT2D eigenvalue weighted by atomic mass is 35.5. The fraction of sp³-hybridized carbons (Fsp3) is 0.375. The van der Waals surface area contributed by atoms with Crippen molar-refractivity contribution in [2.45, 2.75) is 6.42 Å². The summed E-state index contributed by atoms with van der Waals surface area (Å²) in [5.74, 6) is 0.866. The minimum atomic E-state index is 0.594. The van der Waals surface area contributed by atoms with Gasteiger partial charge in [0.15, 0.2) is 5.82 Å². The van der Waals surface area contributed by atoms with Crippen molar-refractivity contribution in [2.75, 3.05) is 23.7 Å². The summed E-state index contributed by atoms with van der Waals surface area (Å²) in [5, 5.41) is 0.594. The summed E-state index contributed by atoms with van der Waals surface area (Å²) in [5.41, 5.74) is 6.41. The zero-order chi connectivity index (χ0) is 8.55. The van der Waals surface area contributed by atoms with E-state index in [0.29, 0.717) is 10.7 Å². The van der Waals surface area contributed by atoms with Gasteiger partial charge in [0.2, 0.25) is 0 Å². The third kappa shape index (κ3) is 1.20. The molecule has 0 radical (unpaired) electrons. The fourth-order valence-corrected chi connectivity index (χ4v) is 1.41. The van der Waals surface area contributed by atoms with Gasteiger partial charge in [-0.05, 0) is 12.5 Å². The van der Waals surface area contributed by atoms with E-state index in [1.165, 1.54) is 6.42 Å². The molecule has 2 N–H and O–H groups in total. The van der Waals surface area contributed by atoms with Gasteiger partial charge in [-0.1, -0.05) is 11.6 Å². The Morgan fingerprint density at radius 3 is 2.75 bits per heavy atom. The van der Waals surface area contributed by atoms with E-state index in [1.807, 2.05) is 0 Å². The number of nitrogens with zero attached hydrogens (tertiary/aromatic N) is 2. The van der Waals surface area contributed by atoms with Crippen molar-refractivity contribution in [1.82, 2.24) is 4.98 Å². The number of nitrogen functional groups attached to an aromatic ring is 1. The molecule has 0 spiro atoms. The Morgan fingerprint density at radius 2 is 2.25 bits per heavy atom. The monoisotopic (exact) mass is 183 g/mol. The molecule has 1 fully saturated rings. The van der Waals surface area contributed by atoms with Gasteiger partial charge < -0.3 is 10.6 Å². The van der Waals surface area contributed by atoms with E-state index < -0.39 is 0 Å². The number of rotatable bonds is 1. The van der Waals surface area contributed by atoms with Crippen LogP contribution in [0.1, 0.15) is 6.42 Å². The highest BCUT2D eigenvalue weighted by Gasteiger charge is 2.17. The summed E-state index contributed by atoms with van der Waals surface area (Å²) >= 11 is 5.72. The van der Waals surface area contributed by atoms with Gasteiger partial charge in [-0.3, -0.25) is 0 Å². The van der Waals surface area contributed by atoms with Crippen LogP contribution in [-0.2, 0) is 0 Å². The average Bonchev–Trinajstić information content (AvgIpc) is 1.91. The predicted molar refractivity (Wildman–Crippen MR) is 50.5 cm³/mol. The molecule has 0 atom stereocenters. The van der Waals surface area contributed by atoms with Gasteiger partial charge in [0.05, 0.1) is 10.7 Å². The van der Waals surface area contributed by atoms with Crippen LogP contribution in [0.3, 0.4) is 0 Å². The van der Waals surface area contributed by atoms with E-state index >= 15 is 0 Å². The lowest BCUT2D eigenvalue weighted by Crippen LogP contribution is -2.38. The van der Waals surface area contributed by atoms with Crippen molar-refractivity contribution in [2.24, 2.45) is 0 Å². The number of aromatic nitrogens is 1. The van der Waals surface area contributed by atoms with Crippen molar-refractivity contribution in [3.05, 3.63) is 17.3 Å². The zero-order valence-electron chi connectivity index (χ0n) is 6.63. The molecule has 12 heavy (non-hydrogen) atoms. The quantitative estimate of drug-likeness (QED) is 0.718. The van der Waals surface area contributed by atoms with Gasteiger partial charge in [0.1, 0.15) is 0 Å². The Hall–Kier alpha value is -0.960. The van der Waals surface area contributed by atoms with Gasteiger partial charge in [-0.15, -0.1) is 0 Å². The lowest BCUT2D eigenvalue weighted by atomic mass is 10.2. The molecule has 1 aromatic heterocycles. The molecule has 0 aromatic carbocycles. The van der Waals surface area contributed by atoms with E-state index in [-0.39, 0.29) is 0 Å². The van der Waals surface area contributed by atoms with Crippen LogP contribution in [0.15, 0.2) is 12.3 Å². The molecule has 2 heterocycles. The molecule has 1 aromatic rings. The summed E-state index contributed by atoms with van der Waals surface area (Å²) in [4.78, 5) is 6.31. The predicted octanol–water partition coefficient (Wildman–Crippen LogP) is 1.53. The summed E-state index contributed by atoms with van der Waals surface area (Å²) in [7, 11) is 0. The van der Waals surface area contributed by atoms with Crippen LogP contribution in [-0.4, -0.2) is 18.1 Å². The molecule has 1 aliphatic rings. The molecule has 0 saturated carbocycles.